The zero-order chi connectivity index (χ0) is 21.0. The first-order valence-corrected chi connectivity index (χ1v) is 11.0. The number of nitrogens with one attached hydrogen (secondary N) is 1. The van der Waals surface area contributed by atoms with Crippen molar-refractivity contribution < 1.29 is 22.7 Å². The number of piperazine rings is 1. The number of ether oxygens (including phenoxy) is 1. The Kier molecular flexibility index (Phi) is 6.39. The molecule has 9 heteroatoms. The largest absolute Gasteiger partial charge is 0.450 e. The lowest BCUT2D eigenvalue weighted by Gasteiger charge is -2.35. The van der Waals surface area contributed by atoms with Gasteiger partial charge in [0.15, 0.2) is 0 Å². The second-order valence-corrected chi connectivity index (χ2v) is 8.58. The quantitative estimate of drug-likeness (QED) is 0.797. The monoisotopic (exact) mass is 419 g/mol. The molecular weight excluding hydrogens is 394 g/mol. The summed E-state index contributed by atoms with van der Waals surface area (Å²) in [5.41, 5.74) is 0. The smallest absolute Gasteiger partial charge is 0.409 e. The van der Waals surface area contributed by atoms with Crippen molar-refractivity contribution in [2.45, 2.75) is 24.8 Å². The van der Waals surface area contributed by atoms with E-state index in [1.54, 1.807) is 24.0 Å². The molecule has 2 aromatic carbocycles. The Morgan fingerprint density at radius 2 is 1.66 bits per heavy atom. The van der Waals surface area contributed by atoms with Gasteiger partial charge in [0.25, 0.3) is 0 Å². The average Bonchev–Trinajstić information content (AvgIpc) is 2.72. The van der Waals surface area contributed by atoms with Crippen LogP contribution in [0.4, 0.5) is 4.79 Å². The van der Waals surface area contributed by atoms with Crippen LogP contribution in [0.3, 0.4) is 0 Å². The molecule has 0 aromatic heterocycles. The van der Waals surface area contributed by atoms with Crippen LogP contribution in [-0.4, -0.2) is 69.0 Å². The first-order valence-electron chi connectivity index (χ1n) is 9.53. The average molecular weight is 420 g/mol. The van der Waals surface area contributed by atoms with Gasteiger partial charge in [-0.15, -0.1) is 0 Å². The Balaban J connectivity index is 1.63. The second kappa shape index (κ2) is 8.79. The maximum atomic E-state index is 12.7. The molecular formula is C20H25N3O5S. The van der Waals surface area contributed by atoms with E-state index in [0.717, 1.165) is 10.8 Å². The lowest BCUT2D eigenvalue weighted by Crippen LogP contribution is -2.55. The topological polar surface area (TPSA) is 96.0 Å². The molecule has 2 amide bonds. The van der Waals surface area contributed by atoms with E-state index in [4.69, 9.17) is 4.74 Å². The highest BCUT2D eigenvalue weighted by molar-refractivity contribution is 7.89. The van der Waals surface area contributed by atoms with Crippen molar-refractivity contribution in [3.05, 3.63) is 42.5 Å². The SMILES string of the molecule is CCOC(=O)N1CCN(C(=O)[C@@H](C)NS(=O)(=O)c2ccc3ccccc3c2)CC1. The van der Waals surface area contributed by atoms with Gasteiger partial charge in [-0.25, -0.2) is 13.2 Å². The maximum Gasteiger partial charge on any atom is 0.409 e. The Hall–Kier alpha value is -2.65. The summed E-state index contributed by atoms with van der Waals surface area (Å²) in [6.45, 7) is 4.94. The van der Waals surface area contributed by atoms with Crippen molar-refractivity contribution >= 4 is 32.8 Å². The molecule has 1 N–H and O–H groups in total. The standard InChI is InChI=1S/C20H25N3O5S/c1-3-28-20(25)23-12-10-22(11-13-23)19(24)15(2)21-29(26,27)18-9-8-16-6-4-5-7-17(16)14-18/h4-9,14-15,21H,3,10-13H2,1-2H3/t15-/m1/s1. The van der Waals surface area contributed by atoms with E-state index >= 15 is 0 Å². The molecule has 156 valence electrons. The number of rotatable bonds is 5. The van der Waals surface area contributed by atoms with Crippen LogP contribution in [-0.2, 0) is 19.6 Å². The van der Waals surface area contributed by atoms with Gasteiger partial charge in [0, 0.05) is 26.2 Å². The summed E-state index contributed by atoms with van der Waals surface area (Å²) in [6.07, 6.45) is -0.398. The summed E-state index contributed by atoms with van der Waals surface area (Å²) in [7, 11) is -3.85. The molecule has 1 aliphatic heterocycles. The first kappa shape index (κ1) is 21.1. The fraction of sp³-hybridized carbons (Fsp3) is 0.400. The molecule has 1 heterocycles. The van der Waals surface area contributed by atoms with E-state index in [1.807, 2.05) is 24.3 Å². The summed E-state index contributed by atoms with van der Waals surface area (Å²) >= 11 is 0. The molecule has 29 heavy (non-hydrogen) atoms. The van der Waals surface area contributed by atoms with Crippen molar-refractivity contribution in [1.82, 2.24) is 14.5 Å². The Morgan fingerprint density at radius 1 is 1.03 bits per heavy atom. The number of benzene rings is 2. The molecule has 0 saturated carbocycles. The van der Waals surface area contributed by atoms with E-state index in [1.165, 1.54) is 17.9 Å². The van der Waals surface area contributed by atoms with Gasteiger partial charge >= 0.3 is 6.09 Å². The Bertz CT molecular complexity index is 1000. The van der Waals surface area contributed by atoms with Crippen LogP contribution >= 0.6 is 0 Å². The van der Waals surface area contributed by atoms with E-state index in [2.05, 4.69) is 4.72 Å². The summed E-state index contributed by atoms with van der Waals surface area (Å²) in [4.78, 5) is 27.7. The van der Waals surface area contributed by atoms with Crippen LogP contribution in [0, 0.1) is 0 Å². The van der Waals surface area contributed by atoms with Gasteiger partial charge in [0.05, 0.1) is 17.5 Å². The third kappa shape index (κ3) is 4.86. The van der Waals surface area contributed by atoms with Crippen LogP contribution in [0.2, 0.25) is 0 Å². The van der Waals surface area contributed by atoms with Crippen LogP contribution < -0.4 is 4.72 Å². The number of carbonyl (C=O) groups excluding carboxylic acids is 2. The van der Waals surface area contributed by atoms with E-state index in [0.29, 0.717) is 32.8 Å². The molecule has 1 fully saturated rings. The highest BCUT2D eigenvalue weighted by Gasteiger charge is 2.29. The summed E-state index contributed by atoms with van der Waals surface area (Å²) in [5.74, 6) is -0.321. The Labute approximate surface area is 170 Å². The van der Waals surface area contributed by atoms with Gasteiger partial charge in [-0.2, -0.15) is 4.72 Å². The molecule has 0 aliphatic carbocycles. The molecule has 3 rings (SSSR count). The first-order chi connectivity index (χ1) is 13.8. The van der Waals surface area contributed by atoms with Gasteiger partial charge in [-0.3, -0.25) is 4.79 Å². The van der Waals surface area contributed by atoms with Gasteiger partial charge in [-0.05, 0) is 36.8 Å². The number of hydrogen-bond donors (Lipinski definition) is 1. The third-order valence-electron chi connectivity index (χ3n) is 4.85. The third-order valence-corrected chi connectivity index (χ3v) is 6.39. The van der Waals surface area contributed by atoms with Gasteiger partial charge in [0.1, 0.15) is 0 Å². The fourth-order valence-electron chi connectivity index (χ4n) is 3.28. The molecule has 0 unspecified atom stereocenters. The predicted molar refractivity (Wildman–Crippen MR) is 109 cm³/mol. The highest BCUT2D eigenvalue weighted by atomic mass is 32.2. The molecule has 1 saturated heterocycles. The summed E-state index contributed by atoms with van der Waals surface area (Å²) in [6, 6.07) is 11.4. The zero-order valence-corrected chi connectivity index (χ0v) is 17.3. The van der Waals surface area contributed by atoms with E-state index in [9.17, 15) is 18.0 Å². The van der Waals surface area contributed by atoms with Crippen LogP contribution in [0.5, 0.6) is 0 Å². The van der Waals surface area contributed by atoms with E-state index in [-0.39, 0.29) is 10.8 Å². The zero-order valence-electron chi connectivity index (χ0n) is 16.5. The van der Waals surface area contributed by atoms with Crippen molar-refractivity contribution in [2.75, 3.05) is 32.8 Å². The summed E-state index contributed by atoms with van der Waals surface area (Å²) < 4.78 is 32.9. The molecule has 0 spiro atoms. The van der Waals surface area contributed by atoms with Crippen molar-refractivity contribution in [3.8, 4) is 0 Å². The maximum absolute atomic E-state index is 12.7. The van der Waals surface area contributed by atoms with E-state index < -0.39 is 22.2 Å². The molecule has 2 aromatic rings. The lowest BCUT2D eigenvalue weighted by molar-refractivity contribution is -0.134. The van der Waals surface area contributed by atoms with Crippen molar-refractivity contribution in [3.63, 3.8) is 0 Å². The number of nitrogens with zero attached hydrogens (tertiary/aromatic N) is 2. The molecule has 1 atom stereocenters. The minimum atomic E-state index is -3.85. The predicted octanol–water partition coefficient (Wildman–Crippen LogP) is 1.81. The van der Waals surface area contributed by atoms with Crippen molar-refractivity contribution in [2.24, 2.45) is 0 Å². The van der Waals surface area contributed by atoms with Gasteiger partial charge in [0.2, 0.25) is 15.9 Å². The number of sulfonamides is 1. The molecule has 1 aliphatic rings. The Morgan fingerprint density at radius 3 is 2.31 bits per heavy atom. The number of carbonyl (C=O) groups is 2. The fourth-order valence-corrected chi connectivity index (χ4v) is 4.52. The van der Waals surface area contributed by atoms with Crippen molar-refractivity contribution in [1.29, 1.82) is 0 Å². The highest BCUT2D eigenvalue weighted by Crippen LogP contribution is 2.19. The van der Waals surface area contributed by atoms with Crippen LogP contribution in [0.15, 0.2) is 47.4 Å². The normalized spacial score (nSPS) is 15.9. The number of hydrogen-bond acceptors (Lipinski definition) is 5. The number of amides is 2. The summed E-state index contributed by atoms with van der Waals surface area (Å²) in [5, 5.41) is 1.75. The van der Waals surface area contributed by atoms with Crippen LogP contribution in [0.25, 0.3) is 10.8 Å². The molecule has 0 bridgehead atoms. The van der Waals surface area contributed by atoms with Gasteiger partial charge < -0.3 is 14.5 Å². The molecule has 0 radical (unpaired) electrons. The second-order valence-electron chi connectivity index (χ2n) is 6.86. The minimum Gasteiger partial charge on any atom is -0.450 e. The lowest BCUT2D eigenvalue weighted by atomic mass is 10.1. The van der Waals surface area contributed by atoms with Crippen LogP contribution in [0.1, 0.15) is 13.8 Å². The number of fused-ring (bicyclic) bond motifs is 1. The van der Waals surface area contributed by atoms with Gasteiger partial charge in [-0.1, -0.05) is 30.3 Å². The molecule has 8 nitrogen and oxygen atoms in total. The minimum absolute atomic E-state index is 0.114.